The number of hydrogen-bond acceptors (Lipinski definition) is 4. The molecule has 2 aromatic heterocycles. The molecule has 0 radical (unpaired) electrons. The molecule has 0 amide bonds. The van der Waals surface area contributed by atoms with Crippen LogP contribution in [0.5, 0.6) is 17.4 Å². The van der Waals surface area contributed by atoms with Gasteiger partial charge in [0.15, 0.2) is 17.2 Å². The van der Waals surface area contributed by atoms with Crippen LogP contribution in [0.3, 0.4) is 0 Å². The molecule has 0 fully saturated rings. The Morgan fingerprint density at radius 3 is 2.69 bits per heavy atom. The van der Waals surface area contributed by atoms with E-state index >= 15 is 0 Å². The molecule has 4 rings (SSSR count). The lowest BCUT2D eigenvalue weighted by Crippen LogP contribution is -1.99. The minimum Gasteiger partial charge on any atom is -0.505 e. The molecular formula is C18H10ClF2N3O2. The fourth-order valence-electron chi connectivity index (χ4n) is 2.48. The summed E-state index contributed by atoms with van der Waals surface area (Å²) in [6.07, 6.45) is 1.36. The van der Waals surface area contributed by atoms with Crippen molar-refractivity contribution in [3.63, 3.8) is 0 Å². The lowest BCUT2D eigenvalue weighted by atomic mass is 10.1. The number of hydrogen-bond donors (Lipinski definition) is 1. The second-order valence-corrected chi connectivity index (χ2v) is 5.84. The molecule has 130 valence electrons. The molecule has 0 aliphatic heterocycles. The molecule has 0 saturated heterocycles. The highest BCUT2D eigenvalue weighted by Gasteiger charge is 2.18. The number of halogens is 3. The number of nitrogens with zero attached hydrogens (tertiary/aromatic N) is 3. The standard InChI is InChI=1S/C18H10ClF2N3O2/c19-10-2-1-3-11(8-10)26-16-7-6-15-22-9-13(24(15)23-16)12-4-5-14(25)18(21)17(12)20/h1-9,25H. The molecule has 0 aliphatic rings. The Balaban J connectivity index is 1.79. The van der Waals surface area contributed by atoms with Crippen LogP contribution in [0.2, 0.25) is 5.02 Å². The lowest BCUT2D eigenvalue weighted by molar-refractivity contribution is 0.408. The van der Waals surface area contributed by atoms with E-state index in [-0.39, 0.29) is 17.1 Å². The van der Waals surface area contributed by atoms with E-state index in [1.54, 1.807) is 36.4 Å². The van der Waals surface area contributed by atoms with Crippen LogP contribution in [0.15, 0.2) is 54.7 Å². The van der Waals surface area contributed by atoms with E-state index in [0.717, 1.165) is 6.07 Å². The third-order valence-electron chi connectivity index (χ3n) is 3.69. The van der Waals surface area contributed by atoms with Gasteiger partial charge in [0.2, 0.25) is 11.7 Å². The molecule has 8 heteroatoms. The third kappa shape index (κ3) is 2.82. The smallest absolute Gasteiger partial charge is 0.237 e. The summed E-state index contributed by atoms with van der Waals surface area (Å²) in [6.45, 7) is 0. The summed E-state index contributed by atoms with van der Waals surface area (Å²) in [5, 5.41) is 14.1. The first kappa shape index (κ1) is 16.3. The fourth-order valence-corrected chi connectivity index (χ4v) is 2.66. The van der Waals surface area contributed by atoms with Crippen molar-refractivity contribution in [2.24, 2.45) is 0 Å². The fraction of sp³-hybridized carbons (Fsp3) is 0. The number of benzene rings is 2. The summed E-state index contributed by atoms with van der Waals surface area (Å²) in [5.74, 6) is -2.58. The van der Waals surface area contributed by atoms with Crippen molar-refractivity contribution in [3.8, 4) is 28.6 Å². The maximum Gasteiger partial charge on any atom is 0.237 e. The zero-order valence-corrected chi connectivity index (χ0v) is 13.8. The average Bonchev–Trinajstić information content (AvgIpc) is 3.03. The number of aromatic nitrogens is 3. The molecule has 0 spiro atoms. The van der Waals surface area contributed by atoms with Gasteiger partial charge in [-0.05, 0) is 36.4 Å². The van der Waals surface area contributed by atoms with Crippen LogP contribution in [-0.2, 0) is 0 Å². The molecule has 0 saturated carbocycles. The molecule has 0 bridgehead atoms. The summed E-state index contributed by atoms with van der Waals surface area (Å²) in [6, 6.07) is 12.3. The van der Waals surface area contributed by atoms with Gasteiger partial charge in [0.05, 0.1) is 11.9 Å². The van der Waals surface area contributed by atoms with Gasteiger partial charge < -0.3 is 9.84 Å². The van der Waals surface area contributed by atoms with Crippen molar-refractivity contribution in [3.05, 3.63) is 71.4 Å². The van der Waals surface area contributed by atoms with E-state index in [4.69, 9.17) is 16.3 Å². The third-order valence-corrected chi connectivity index (χ3v) is 3.93. The van der Waals surface area contributed by atoms with Gasteiger partial charge in [-0.25, -0.2) is 13.9 Å². The van der Waals surface area contributed by atoms with Crippen molar-refractivity contribution in [2.45, 2.75) is 0 Å². The van der Waals surface area contributed by atoms with Crippen LogP contribution in [-0.4, -0.2) is 19.7 Å². The Hall–Kier alpha value is -3.19. The number of aromatic hydroxyl groups is 1. The molecule has 4 aromatic rings. The second-order valence-electron chi connectivity index (χ2n) is 5.40. The van der Waals surface area contributed by atoms with Crippen LogP contribution >= 0.6 is 11.6 Å². The SMILES string of the molecule is Oc1ccc(-c2cnc3ccc(Oc4cccc(Cl)c4)nn23)c(F)c1F. The maximum absolute atomic E-state index is 14.2. The topological polar surface area (TPSA) is 59.7 Å². The molecule has 0 atom stereocenters. The van der Waals surface area contributed by atoms with Crippen molar-refractivity contribution in [1.82, 2.24) is 14.6 Å². The molecule has 0 aliphatic carbocycles. The van der Waals surface area contributed by atoms with Crippen LogP contribution in [0.1, 0.15) is 0 Å². The average molecular weight is 374 g/mol. The van der Waals surface area contributed by atoms with E-state index < -0.39 is 17.4 Å². The number of phenolic OH excluding ortho intramolecular Hbond substituents is 1. The van der Waals surface area contributed by atoms with Crippen molar-refractivity contribution in [2.75, 3.05) is 0 Å². The monoisotopic (exact) mass is 373 g/mol. The Bertz CT molecular complexity index is 1130. The largest absolute Gasteiger partial charge is 0.505 e. The van der Waals surface area contributed by atoms with Gasteiger partial charge in [0, 0.05) is 16.7 Å². The van der Waals surface area contributed by atoms with E-state index in [0.29, 0.717) is 16.4 Å². The quantitative estimate of drug-likeness (QED) is 0.559. The number of rotatable bonds is 3. The predicted octanol–water partition coefficient (Wildman–Crippen LogP) is 4.83. The highest BCUT2D eigenvalue weighted by molar-refractivity contribution is 6.30. The summed E-state index contributed by atoms with van der Waals surface area (Å²) in [4.78, 5) is 4.12. The minimum absolute atomic E-state index is 0.0831. The zero-order valence-electron chi connectivity index (χ0n) is 13.0. The van der Waals surface area contributed by atoms with Crippen LogP contribution < -0.4 is 4.74 Å². The Kier molecular flexibility index (Phi) is 3.93. The van der Waals surface area contributed by atoms with E-state index in [1.807, 2.05) is 0 Å². The van der Waals surface area contributed by atoms with Gasteiger partial charge >= 0.3 is 0 Å². The molecule has 26 heavy (non-hydrogen) atoms. The molecule has 2 heterocycles. The number of imidazole rings is 1. The second kappa shape index (κ2) is 6.27. The van der Waals surface area contributed by atoms with Gasteiger partial charge in [-0.2, -0.15) is 4.39 Å². The first-order valence-corrected chi connectivity index (χ1v) is 7.86. The molecule has 2 aromatic carbocycles. The normalized spacial score (nSPS) is 11.0. The number of phenols is 1. The van der Waals surface area contributed by atoms with Crippen molar-refractivity contribution < 1.29 is 18.6 Å². The van der Waals surface area contributed by atoms with E-state index in [1.165, 1.54) is 16.8 Å². The first-order valence-electron chi connectivity index (χ1n) is 7.48. The Morgan fingerprint density at radius 2 is 1.88 bits per heavy atom. The number of ether oxygens (including phenoxy) is 1. The van der Waals surface area contributed by atoms with Crippen LogP contribution in [0.25, 0.3) is 16.9 Å². The molecular weight excluding hydrogens is 364 g/mol. The highest BCUT2D eigenvalue weighted by atomic mass is 35.5. The maximum atomic E-state index is 14.2. The van der Waals surface area contributed by atoms with E-state index in [2.05, 4.69) is 10.1 Å². The zero-order chi connectivity index (χ0) is 18.3. The summed E-state index contributed by atoms with van der Waals surface area (Å²) in [7, 11) is 0. The summed E-state index contributed by atoms with van der Waals surface area (Å²) in [5.41, 5.74) is 0.555. The van der Waals surface area contributed by atoms with Crippen LogP contribution in [0, 0.1) is 11.6 Å². The van der Waals surface area contributed by atoms with Gasteiger partial charge in [-0.3, -0.25) is 0 Å². The van der Waals surface area contributed by atoms with Crippen LogP contribution in [0.4, 0.5) is 8.78 Å². The lowest BCUT2D eigenvalue weighted by Gasteiger charge is -2.07. The Labute approximate surface area is 151 Å². The first-order chi connectivity index (χ1) is 12.5. The molecule has 0 unspecified atom stereocenters. The summed E-state index contributed by atoms with van der Waals surface area (Å²) < 4.78 is 34.8. The molecule has 5 nitrogen and oxygen atoms in total. The van der Waals surface area contributed by atoms with Gasteiger partial charge in [0.1, 0.15) is 5.75 Å². The predicted molar refractivity (Wildman–Crippen MR) is 91.5 cm³/mol. The summed E-state index contributed by atoms with van der Waals surface area (Å²) >= 11 is 5.93. The number of fused-ring (bicyclic) bond motifs is 1. The Morgan fingerprint density at radius 1 is 1.04 bits per heavy atom. The highest BCUT2D eigenvalue weighted by Crippen LogP contribution is 2.30. The van der Waals surface area contributed by atoms with E-state index in [9.17, 15) is 13.9 Å². The van der Waals surface area contributed by atoms with Gasteiger partial charge in [-0.15, -0.1) is 5.10 Å². The van der Waals surface area contributed by atoms with Crippen molar-refractivity contribution >= 4 is 17.2 Å². The minimum atomic E-state index is -1.33. The van der Waals surface area contributed by atoms with Gasteiger partial charge in [-0.1, -0.05) is 17.7 Å². The molecule has 1 N–H and O–H groups in total. The van der Waals surface area contributed by atoms with Crippen molar-refractivity contribution in [1.29, 1.82) is 0 Å². The van der Waals surface area contributed by atoms with Gasteiger partial charge in [0.25, 0.3) is 0 Å².